The number of ether oxygens (including phenoxy) is 9. The van der Waals surface area contributed by atoms with Crippen LogP contribution in [0.2, 0.25) is 30.1 Å². The Morgan fingerprint density at radius 2 is 0.752 bits per heavy atom. The normalized spacial score (nSPS) is 16.4. The number of aliphatic carboxylic acids is 2. The molecule has 0 spiro atoms. The number of sulfone groups is 1. The van der Waals surface area contributed by atoms with Crippen LogP contribution in [0.15, 0.2) is 124 Å². The van der Waals surface area contributed by atoms with Gasteiger partial charge in [-0.15, -0.1) is 0 Å². The Hall–Kier alpha value is -5.77. The molecule has 3 heterocycles. The Bertz CT molecular complexity index is 4730. The number of nitrogens with two attached hydrogens (primary N) is 1. The summed E-state index contributed by atoms with van der Waals surface area (Å²) >= 11 is 38.2. The van der Waals surface area contributed by atoms with Crippen molar-refractivity contribution in [2.24, 2.45) is 5.73 Å². The van der Waals surface area contributed by atoms with Crippen molar-refractivity contribution in [3.63, 3.8) is 0 Å². The first-order valence-corrected chi connectivity index (χ1v) is 47.3. The molecule has 0 aromatic heterocycles. The molecule has 0 saturated heterocycles. The van der Waals surface area contributed by atoms with Gasteiger partial charge in [-0.25, -0.2) is 44.3 Å². The quantitative estimate of drug-likeness (QED) is 0.0164. The summed E-state index contributed by atoms with van der Waals surface area (Å²) in [5, 5.41) is 58.3. The number of sulfonamides is 2. The average Bonchev–Trinajstić information content (AvgIpc) is 0.780. The highest BCUT2D eigenvalue weighted by Gasteiger charge is 2.34. The Kier molecular flexibility index (Phi) is 48.4. The van der Waals surface area contributed by atoms with Crippen molar-refractivity contribution in [1.29, 1.82) is 0 Å². The molecule has 125 heavy (non-hydrogen) atoms. The summed E-state index contributed by atoms with van der Waals surface area (Å²) in [7, 11) is -4.83. The van der Waals surface area contributed by atoms with Crippen molar-refractivity contribution in [3.8, 4) is 0 Å². The van der Waals surface area contributed by atoms with Crippen molar-refractivity contribution in [2.45, 2.75) is 110 Å². The van der Waals surface area contributed by atoms with Gasteiger partial charge in [-0.3, -0.25) is 9.59 Å². The number of Topliss-reactive ketones (excluding diaryl/α,β-unsaturated/α-hetero) is 1. The number of carbonyl (C=O) groups is 4. The summed E-state index contributed by atoms with van der Waals surface area (Å²) in [4.78, 5) is 50.6. The predicted molar refractivity (Wildman–Crippen MR) is 475 cm³/mol. The van der Waals surface area contributed by atoms with Gasteiger partial charge in [-0.1, -0.05) is 106 Å². The van der Waals surface area contributed by atoms with Crippen molar-refractivity contribution >= 4 is 123 Å². The van der Waals surface area contributed by atoms with E-state index in [2.05, 4.69) is 29.5 Å². The van der Waals surface area contributed by atoms with E-state index in [0.29, 0.717) is 147 Å². The molecule has 11 N–H and O–H groups in total. The number of hydrogen-bond donors (Lipinski definition) is 10. The van der Waals surface area contributed by atoms with Gasteiger partial charge in [0.15, 0.2) is 33.9 Å². The number of carbonyl (C=O) groups excluding carboxylic acids is 2. The lowest BCUT2D eigenvalue weighted by Crippen LogP contribution is -2.46. The van der Waals surface area contributed by atoms with Crippen LogP contribution in [-0.4, -0.2) is 310 Å². The molecule has 6 aromatic carbocycles. The van der Waals surface area contributed by atoms with Crippen LogP contribution in [-0.2, 0) is 111 Å². The van der Waals surface area contributed by atoms with E-state index in [1.165, 1.54) is 0 Å². The van der Waals surface area contributed by atoms with Crippen LogP contribution in [0.25, 0.3) is 0 Å². The number of amides is 1. The fourth-order valence-electron chi connectivity index (χ4n) is 13.4. The third kappa shape index (κ3) is 36.5. The molecule has 0 radical (unpaired) electrons. The van der Waals surface area contributed by atoms with E-state index in [9.17, 15) is 54.6 Å². The molecule has 9 rings (SSSR count). The van der Waals surface area contributed by atoms with Crippen LogP contribution in [0.4, 0.5) is 0 Å². The molecule has 41 heteroatoms. The first kappa shape index (κ1) is 108. The number of rotatable bonds is 50. The molecule has 6 aromatic rings. The molecule has 7 atom stereocenters. The molecule has 1 amide bonds. The number of hydrogen-bond acceptors (Lipinski definition) is 27. The fraction of sp³-hybridized carbons (Fsp3) is 0.524. The molecule has 32 nitrogen and oxygen atoms in total. The second-order valence-electron chi connectivity index (χ2n) is 29.1. The van der Waals surface area contributed by atoms with Crippen LogP contribution in [0.3, 0.4) is 0 Å². The number of benzene rings is 6. The topological polar surface area (TPSA) is 447 Å². The minimum atomic E-state index is -3.78. The third-order valence-corrected chi connectivity index (χ3v) is 25.9. The van der Waals surface area contributed by atoms with Crippen molar-refractivity contribution < 1.29 is 118 Å². The number of ketones is 1. The van der Waals surface area contributed by atoms with Gasteiger partial charge in [0.05, 0.1) is 113 Å². The fourth-order valence-corrected chi connectivity index (χ4v) is 18.5. The zero-order valence-electron chi connectivity index (χ0n) is 70.4. The van der Waals surface area contributed by atoms with Crippen molar-refractivity contribution in [1.82, 2.24) is 29.5 Å². The number of fused-ring (bicyclic) bond motifs is 3. The lowest BCUT2D eigenvalue weighted by molar-refractivity contribution is -0.165. The number of nitrogens with zero attached hydrogens (tertiary/aromatic N) is 3. The zero-order chi connectivity index (χ0) is 91.8. The first-order valence-electron chi connectivity index (χ1n) is 40.4. The molecule has 3 aliphatic rings. The number of likely N-dealkylation sites (N-methyl/N-ethyl adjacent to an activating group) is 3. The lowest BCUT2D eigenvalue weighted by atomic mass is 9.85. The Morgan fingerprint density at radius 1 is 0.424 bits per heavy atom. The monoisotopic (exact) mass is 1930 g/mol. The minimum absolute atomic E-state index is 0.00185. The SMILES string of the molecule is CCOCCCC(=O)[C@H](O)[C@H](O)C(=O)NCCOCCOCCOCCNS(=O)(=O)c1cccc(C2CN(C)Cc3c(Cl)cc(Cl)cc32)c1.CCOCCOCCCS(=O)(=O)c1cccc(C2CN(C)Cc3c(Cl)cc(Cl)cc32)c1.CN1Cc2c(Cl)cc(Cl)cc2C(c2cccc(S(=O)(=O)NCCOCCOCCOCCN)c2)C1.O=C(O)[C@@H](O)[C@@H](O)C(=O)O. The van der Waals surface area contributed by atoms with Crippen LogP contribution in [0.5, 0.6) is 0 Å². The largest absolute Gasteiger partial charge is 0.479 e. The van der Waals surface area contributed by atoms with Crippen LogP contribution >= 0.6 is 69.6 Å². The molecule has 0 bridgehead atoms. The number of nitrogens with one attached hydrogen (secondary N) is 3. The maximum absolute atomic E-state index is 13.0. The molecule has 696 valence electrons. The summed E-state index contributed by atoms with van der Waals surface area (Å²) < 4.78 is 131. The van der Waals surface area contributed by atoms with Crippen molar-refractivity contribution in [3.05, 3.63) is 189 Å². The average molecular weight is 1930 g/mol. The maximum Gasteiger partial charge on any atom is 0.335 e. The molecule has 0 aliphatic carbocycles. The highest BCUT2D eigenvalue weighted by molar-refractivity contribution is 7.91. The van der Waals surface area contributed by atoms with Gasteiger partial charge < -0.3 is 99.0 Å². The highest BCUT2D eigenvalue weighted by Crippen LogP contribution is 2.42. The predicted octanol–water partition coefficient (Wildman–Crippen LogP) is 7.65. The molecule has 3 unspecified atom stereocenters. The Labute approximate surface area is 761 Å². The zero-order valence-corrected chi connectivity index (χ0v) is 77.4. The number of halogens is 6. The summed E-state index contributed by atoms with van der Waals surface area (Å²) in [6, 6.07) is 32.1. The summed E-state index contributed by atoms with van der Waals surface area (Å²) in [5.41, 5.74) is 14.2. The van der Waals surface area contributed by atoms with E-state index >= 15 is 0 Å². The molecular formula is C84H115Cl6N7O25S3. The molecule has 3 aliphatic heterocycles. The lowest BCUT2D eigenvalue weighted by Gasteiger charge is -2.33. The minimum Gasteiger partial charge on any atom is -0.479 e. The second kappa shape index (κ2) is 56.1. The van der Waals surface area contributed by atoms with Gasteiger partial charge in [0.25, 0.3) is 5.91 Å². The Balaban J connectivity index is 0.000000281. The van der Waals surface area contributed by atoms with Gasteiger partial charge in [-0.2, -0.15) is 0 Å². The van der Waals surface area contributed by atoms with E-state index in [0.717, 1.165) is 69.7 Å². The Morgan fingerprint density at radius 3 is 1.13 bits per heavy atom. The van der Waals surface area contributed by atoms with Gasteiger partial charge >= 0.3 is 11.9 Å². The molecule has 0 fully saturated rings. The third-order valence-electron chi connectivity index (χ3n) is 19.5. The van der Waals surface area contributed by atoms with Crippen LogP contribution in [0.1, 0.15) is 101 Å². The summed E-state index contributed by atoms with van der Waals surface area (Å²) in [6.45, 7) is 15.6. The highest BCUT2D eigenvalue weighted by atomic mass is 35.5. The van der Waals surface area contributed by atoms with E-state index in [1.54, 1.807) is 72.8 Å². The van der Waals surface area contributed by atoms with E-state index < -0.39 is 77.9 Å². The second-order valence-corrected chi connectivity index (χ2v) is 37.3. The number of carboxylic acids is 2. The van der Waals surface area contributed by atoms with E-state index in [4.69, 9.17) is 138 Å². The van der Waals surface area contributed by atoms with Gasteiger partial charge in [0.1, 0.15) is 6.10 Å². The summed E-state index contributed by atoms with van der Waals surface area (Å²) in [6.07, 6.45) is -7.37. The van der Waals surface area contributed by atoms with Gasteiger partial charge in [0.2, 0.25) is 20.0 Å². The summed E-state index contributed by atoms with van der Waals surface area (Å²) in [5.74, 6) is -5.12. The number of carboxylic acid groups (broad SMARTS) is 2. The number of aliphatic hydroxyl groups is 4. The van der Waals surface area contributed by atoms with Gasteiger partial charge in [-0.05, 0) is 171 Å². The standard InChI is InChI=1S/C33H47Cl2N3O10S.C24H33Cl2N3O5S.C23H29Cl2NO4S.C4H6O6/c1-3-45-11-5-8-30(39)31(40)32(41)33(42)36-9-12-46-14-16-48-17-15-47-13-10-37-49(43,44)25-7-4-6-23(18-25)27-21-38(2)22-28-26(27)19-24(34)20-29(28)35;1-29-16-22(21-14-19(25)15-24(26)23(21)17-29)18-3-2-4-20(13-18)35(30,31)28-6-8-33-10-12-34-11-9-32-7-5-27;1-3-29-9-10-30-8-5-11-31(27,28)19-7-4-6-17(12-19)21-15-26(2)16-22-20(21)13-18(24)14-23(22)25;5-1(3(7)8)2(6)4(9)10/h4,6-7,18-20,27,31-32,37,40-41H,3,5,8-17,21-22H2,1-2H3,(H,36,42);2-4,13-15,22,28H,5-12,16-17,27H2,1H3;4,6-7,12-14,21H,3,5,8-11,15-16H2,1-2H3;1-2,5-6H,(H,7,8)(H,9,10)/t27?,31-,32-;;;1-,2+/m0.../s1. The van der Waals surface area contributed by atoms with E-state index in [1.807, 2.05) is 71.4 Å². The van der Waals surface area contributed by atoms with Crippen molar-refractivity contribution in [2.75, 3.05) is 192 Å². The molecular weight excluding hydrogens is 1820 g/mol. The van der Waals surface area contributed by atoms with Gasteiger partial charge in [0, 0.05) is 146 Å². The smallest absolute Gasteiger partial charge is 0.335 e. The van der Waals surface area contributed by atoms with E-state index in [-0.39, 0.29) is 106 Å². The molecule has 0 saturated carbocycles. The number of aliphatic hydroxyl groups excluding tert-OH is 4. The maximum atomic E-state index is 13.0. The van der Waals surface area contributed by atoms with Crippen LogP contribution < -0.4 is 20.5 Å². The first-order chi connectivity index (χ1) is 59.5. The van der Waals surface area contributed by atoms with Crippen LogP contribution in [0, 0.1) is 0 Å².